The molecule has 0 saturated heterocycles. The number of sulfonamides is 1. The molecular formula is C27H23ClF4N2O3S. The summed E-state index contributed by atoms with van der Waals surface area (Å²) in [6, 6.07) is 12.2. The lowest BCUT2D eigenvalue weighted by molar-refractivity contribution is -0.137. The minimum atomic E-state index is -4.73. The zero-order valence-electron chi connectivity index (χ0n) is 20.3. The van der Waals surface area contributed by atoms with Gasteiger partial charge in [-0.05, 0) is 66.4 Å². The number of carbonyl (C=O) groups excluding carboxylic acids is 1. The number of nitrogens with one attached hydrogen (secondary N) is 1. The van der Waals surface area contributed by atoms with E-state index in [1.165, 1.54) is 19.1 Å². The van der Waals surface area contributed by atoms with Gasteiger partial charge in [0.2, 0.25) is 5.91 Å². The summed E-state index contributed by atoms with van der Waals surface area (Å²) >= 11 is 6.18. The van der Waals surface area contributed by atoms with Crippen LogP contribution in [0.3, 0.4) is 0 Å². The summed E-state index contributed by atoms with van der Waals surface area (Å²) in [5.74, 6) is -0.886. The van der Waals surface area contributed by atoms with Gasteiger partial charge >= 0.3 is 6.18 Å². The van der Waals surface area contributed by atoms with Crippen LogP contribution in [0, 0.1) is 5.82 Å². The average molecular weight is 567 g/mol. The van der Waals surface area contributed by atoms with E-state index in [4.69, 9.17) is 11.6 Å². The molecule has 1 aliphatic heterocycles. The van der Waals surface area contributed by atoms with Gasteiger partial charge in [0.05, 0.1) is 33.8 Å². The molecule has 1 N–H and O–H groups in total. The van der Waals surface area contributed by atoms with Gasteiger partial charge in [-0.3, -0.25) is 9.10 Å². The first-order chi connectivity index (χ1) is 17.8. The molecule has 11 heteroatoms. The number of amides is 1. The number of anilines is 1. The highest BCUT2D eigenvalue weighted by Crippen LogP contribution is 2.36. The Bertz CT molecular complexity index is 1520. The average Bonchev–Trinajstić information content (AvgIpc) is 2.83. The molecule has 0 aromatic heterocycles. The molecule has 0 saturated carbocycles. The fourth-order valence-corrected chi connectivity index (χ4v) is 6.37. The SMILES string of the molecule is CC(=O)N[C@H]1Cc2ccc(/C=C(\C)c3c(F)cccc3Cl)cc2N(S(=O)(=O)c2cccc(C(F)(F)F)c2)C1. The topological polar surface area (TPSA) is 66.5 Å². The normalized spacial score (nSPS) is 16.2. The fourth-order valence-electron chi connectivity index (χ4n) is 4.47. The highest BCUT2D eigenvalue weighted by Gasteiger charge is 2.36. The molecular weight excluding hydrogens is 544 g/mol. The number of carbonyl (C=O) groups is 1. The third kappa shape index (κ3) is 5.71. The predicted molar refractivity (Wildman–Crippen MR) is 139 cm³/mol. The first-order valence-corrected chi connectivity index (χ1v) is 13.3. The number of allylic oxidation sites excluding steroid dienone is 1. The minimum Gasteiger partial charge on any atom is -0.351 e. The number of nitrogens with zero attached hydrogens (tertiary/aromatic N) is 1. The van der Waals surface area contributed by atoms with Crippen molar-refractivity contribution in [3.05, 3.63) is 93.8 Å². The molecule has 3 aromatic carbocycles. The van der Waals surface area contributed by atoms with Gasteiger partial charge in [-0.15, -0.1) is 0 Å². The molecule has 5 nitrogen and oxygen atoms in total. The Kier molecular flexibility index (Phi) is 7.58. The van der Waals surface area contributed by atoms with Gasteiger partial charge in [0.1, 0.15) is 5.82 Å². The summed E-state index contributed by atoms with van der Waals surface area (Å²) in [7, 11) is -4.46. The number of benzene rings is 3. The molecule has 0 radical (unpaired) electrons. The van der Waals surface area contributed by atoms with Crippen LogP contribution in [0.15, 0.2) is 65.6 Å². The number of alkyl halides is 3. The van der Waals surface area contributed by atoms with Gasteiger partial charge in [-0.1, -0.05) is 41.9 Å². The van der Waals surface area contributed by atoms with Crippen molar-refractivity contribution >= 4 is 44.9 Å². The molecule has 1 heterocycles. The predicted octanol–water partition coefficient (Wildman–Crippen LogP) is 6.31. The van der Waals surface area contributed by atoms with Crippen molar-refractivity contribution in [1.29, 1.82) is 0 Å². The third-order valence-electron chi connectivity index (χ3n) is 6.13. The second-order valence-corrected chi connectivity index (χ2v) is 11.2. The summed E-state index contributed by atoms with van der Waals surface area (Å²) in [5, 5.41) is 2.91. The van der Waals surface area contributed by atoms with Crippen LogP contribution in [-0.2, 0) is 27.4 Å². The van der Waals surface area contributed by atoms with E-state index in [0.29, 0.717) is 29.2 Å². The maximum absolute atomic E-state index is 14.4. The number of hydrogen-bond acceptors (Lipinski definition) is 3. The molecule has 0 bridgehead atoms. The van der Waals surface area contributed by atoms with Gasteiger partial charge < -0.3 is 5.32 Å². The summed E-state index contributed by atoms with van der Waals surface area (Å²) in [5.41, 5.74) is 0.957. The Morgan fingerprint density at radius 1 is 1.08 bits per heavy atom. The van der Waals surface area contributed by atoms with Crippen molar-refractivity contribution in [3.8, 4) is 0 Å². The Balaban J connectivity index is 1.82. The van der Waals surface area contributed by atoms with E-state index in [0.717, 1.165) is 22.5 Å². The van der Waals surface area contributed by atoms with Crippen LogP contribution < -0.4 is 9.62 Å². The van der Waals surface area contributed by atoms with Crippen molar-refractivity contribution in [2.24, 2.45) is 0 Å². The van der Waals surface area contributed by atoms with Gasteiger partial charge in [0, 0.05) is 12.5 Å². The van der Waals surface area contributed by atoms with Crippen LogP contribution in [0.2, 0.25) is 5.02 Å². The van der Waals surface area contributed by atoms with Crippen molar-refractivity contribution in [1.82, 2.24) is 5.32 Å². The Hall–Kier alpha value is -3.37. The lowest BCUT2D eigenvalue weighted by Gasteiger charge is -2.35. The summed E-state index contributed by atoms with van der Waals surface area (Å²) in [6.07, 6.45) is -2.78. The fraction of sp³-hybridized carbons (Fsp3) is 0.222. The second-order valence-electron chi connectivity index (χ2n) is 8.98. The lowest BCUT2D eigenvalue weighted by Crippen LogP contribution is -2.49. The smallest absolute Gasteiger partial charge is 0.351 e. The van der Waals surface area contributed by atoms with Crippen molar-refractivity contribution in [2.45, 2.75) is 37.4 Å². The highest BCUT2D eigenvalue weighted by atomic mass is 35.5. The van der Waals surface area contributed by atoms with Crippen LogP contribution in [0.5, 0.6) is 0 Å². The van der Waals surface area contributed by atoms with Crippen LogP contribution in [-0.4, -0.2) is 26.9 Å². The molecule has 1 aliphatic rings. The first kappa shape index (κ1) is 27.7. The van der Waals surface area contributed by atoms with Gasteiger partial charge in [0.15, 0.2) is 0 Å². The largest absolute Gasteiger partial charge is 0.416 e. The molecule has 3 aromatic rings. The molecule has 200 valence electrons. The summed E-state index contributed by atoms with van der Waals surface area (Å²) in [6.45, 7) is 2.77. The van der Waals surface area contributed by atoms with E-state index in [1.807, 2.05) is 0 Å². The molecule has 0 fully saturated rings. The van der Waals surface area contributed by atoms with Crippen LogP contribution in [0.1, 0.15) is 36.1 Å². The summed E-state index contributed by atoms with van der Waals surface area (Å²) in [4.78, 5) is 11.2. The van der Waals surface area contributed by atoms with Crippen LogP contribution >= 0.6 is 11.6 Å². The first-order valence-electron chi connectivity index (χ1n) is 11.5. The van der Waals surface area contributed by atoms with Crippen molar-refractivity contribution in [2.75, 3.05) is 10.8 Å². The monoisotopic (exact) mass is 566 g/mol. The summed E-state index contributed by atoms with van der Waals surface area (Å²) < 4.78 is 82.7. The number of halogens is 5. The zero-order valence-corrected chi connectivity index (χ0v) is 21.9. The van der Waals surface area contributed by atoms with Crippen molar-refractivity contribution < 1.29 is 30.8 Å². The molecule has 4 rings (SSSR count). The third-order valence-corrected chi connectivity index (χ3v) is 8.22. The molecule has 0 spiro atoms. The number of fused-ring (bicyclic) bond motifs is 1. The van der Waals surface area contributed by atoms with Crippen molar-refractivity contribution in [3.63, 3.8) is 0 Å². The van der Waals surface area contributed by atoms with Gasteiger partial charge in [-0.25, -0.2) is 12.8 Å². The van der Waals surface area contributed by atoms with Gasteiger partial charge in [-0.2, -0.15) is 13.2 Å². The van der Waals surface area contributed by atoms with Crippen LogP contribution in [0.4, 0.5) is 23.2 Å². The molecule has 38 heavy (non-hydrogen) atoms. The van der Waals surface area contributed by atoms with E-state index in [-0.39, 0.29) is 28.7 Å². The number of rotatable bonds is 5. The molecule has 1 atom stereocenters. The van der Waals surface area contributed by atoms with E-state index >= 15 is 0 Å². The molecule has 0 unspecified atom stereocenters. The van der Waals surface area contributed by atoms with E-state index < -0.39 is 38.5 Å². The van der Waals surface area contributed by atoms with Gasteiger partial charge in [0.25, 0.3) is 10.0 Å². The standard InChI is InChI=1S/C27H23ClF4N2O3S/c1-16(26-23(28)7-4-8-24(26)29)11-18-9-10-19-13-21(33-17(2)35)15-34(25(19)12-18)38(36,37)22-6-3-5-20(14-22)27(30,31)32/h3-12,14,21H,13,15H2,1-2H3,(H,33,35)/b16-11+/t21-/m0/s1. The van der Waals surface area contributed by atoms with E-state index in [9.17, 15) is 30.8 Å². The minimum absolute atomic E-state index is 0.184. The van der Waals surface area contributed by atoms with Crippen LogP contribution in [0.25, 0.3) is 11.6 Å². The Morgan fingerprint density at radius 2 is 1.79 bits per heavy atom. The van der Waals surface area contributed by atoms with E-state index in [1.54, 1.807) is 37.3 Å². The van der Waals surface area contributed by atoms with E-state index in [2.05, 4.69) is 5.32 Å². The highest BCUT2D eigenvalue weighted by molar-refractivity contribution is 7.92. The second kappa shape index (κ2) is 10.4. The lowest BCUT2D eigenvalue weighted by atomic mass is 9.96. The maximum atomic E-state index is 14.4. The molecule has 0 aliphatic carbocycles. The zero-order chi connectivity index (χ0) is 27.8. The number of hydrogen-bond donors (Lipinski definition) is 1. The Labute approximate surface area is 222 Å². The Morgan fingerprint density at radius 3 is 2.45 bits per heavy atom. The quantitative estimate of drug-likeness (QED) is 0.290. The maximum Gasteiger partial charge on any atom is 0.416 e. The molecule has 1 amide bonds.